The van der Waals surface area contributed by atoms with Crippen molar-refractivity contribution in [3.05, 3.63) is 95.1 Å². The molecule has 3 aromatic carbocycles. The highest BCUT2D eigenvalue weighted by molar-refractivity contribution is 5.81. The predicted octanol–water partition coefficient (Wildman–Crippen LogP) is 4.46. The molecule has 246 valence electrons. The van der Waals surface area contributed by atoms with Crippen molar-refractivity contribution >= 4 is 12.0 Å². The van der Waals surface area contributed by atoms with Crippen molar-refractivity contribution in [3.63, 3.8) is 0 Å². The normalized spacial score (nSPS) is 23.2. The van der Waals surface area contributed by atoms with E-state index < -0.39 is 18.3 Å². The number of hydrogen-bond acceptors (Lipinski definition) is 8. The quantitative estimate of drug-likeness (QED) is 0.216. The average Bonchev–Trinajstić information content (AvgIpc) is 3.55. The Bertz CT molecular complexity index is 1430. The number of benzene rings is 3. The maximum Gasteiger partial charge on any atom is 0.325 e. The first-order valence-corrected chi connectivity index (χ1v) is 16.1. The smallest absolute Gasteiger partial charge is 0.325 e. The number of urea groups is 1. The number of nitrogens with one attached hydrogen (secondary N) is 2. The maximum absolute atomic E-state index is 12.3. The Morgan fingerprint density at radius 2 is 1.70 bits per heavy atom. The van der Waals surface area contributed by atoms with Gasteiger partial charge in [-0.1, -0.05) is 79.7 Å². The van der Waals surface area contributed by atoms with E-state index in [1.165, 1.54) is 0 Å². The highest BCUT2D eigenvalue weighted by atomic mass is 16.7. The van der Waals surface area contributed by atoms with E-state index in [2.05, 4.69) is 22.5 Å². The van der Waals surface area contributed by atoms with Crippen LogP contribution in [0, 0.1) is 5.92 Å². The number of esters is 1. The molecule has 0 spiro atoms. The third-order valence-corrected chi connectivity index (χ3v) is 8.90. The van der Waals surface area contributed by atoms with E-state index in [4.69, 9.17) is 14.2 Å². The number of nitrogens with zero attached hydrogens (tertiary/aromatic N) is 1. The van der Waals surface area contributed by atoms with Gasteiger partial charge in [-0.3, -0.25) is 9.69 Å². The van der Waals surface area contributed by atoms with Gasteiger partial charge in [-0.05, 0) is 54.1 Å². The van der Waals surface area contributed by atoms with Crippen molar-refractivity contribution in [2.24, 2.45) is 5.92 Å². The molecule has 2 fully saturated rings. The third-order valence-electron chi connectivity index (χ3n) is 8.90. The monoisotopic (exact) mass is 631 g/mol. The molecule has 2 heterocycles. The topological polar surface area (TPSA) is 130 Å². The van der Waals surface area contributed by atoms with E-state index in [0.29, 0.717) is 6.54 Å². The minimum atomic E-state index is -0.590. The van der Waals surface area contributed by atoms with E-state index in [1.54, 1.807) is 6.92 Å². The van der Waals surface area contributed by atoms with E-state index in [-0.39, 0.29) is 57.1 Å². The summed E-state index contributed by atoms with van der Waals surface area (Å²) in [6, 6.07) is 23.5. The van der Waals surface area contributed by atoms with Crippen LogP contribution in [-0.2, 0) is 32.2 Å². The molecule has 10 nitrogen and oxygen atoms in total. The SMILES string of the molecule is CCOC(=O)CNC(=O)NCc1ccccc1-c1ccc([C@H]2O[C@@H](CN3CCC[C@H]3CO)[C@@H](C)[C@@H](c3ccc(CO)cc3)O2)cc1. The summed E-state index contributed by atoms with van der Waals surface area (Å²) in [6.07, 6.45) is 1.13. The first kappa shape index (κ1) is 33.6. The standard InChI is InChI=1S/C36H45N3O7/c1-3-44-33(42)20-38-36(43)37-19-29-7-4-5-9-31(29)26-14-16-28(17-15-26)35-45-32(21-39-18-6-8-30(39)23-41)24(2)34(46-35)27-12-10-25(22-40)11-13-27/h4-5,7,9-17,24,30,32,34-35,40-41H,3,6,8,18-23H2,1-2H3,(H2,37,38,43)/t24-,30+,32+,34+,35+/m1/s1. The molecule has 5 rings (SSSR count). The Morgan fingerprint density at radius 1 is 0.957 bits per heavy atom. The van der Waals surface area contributed by atoms with Gasteiger partial charge < -0.3 is 35.1 Å². The van der Waals surface area contributed by atoms with E-state index in [0.717, 1.165) is 52.8 Å². The minimum absolute atomic E-state index is 0.0125. The zero-order valence-corrected chi connectivity index (χ0v) is 26.6. The number of hydrogen-bond donors (Lipinski definition) is 4. The van der Waals surface area contributed by atoms with Crippen LogP contribution in [0.25, 0.3) is 11.1 Å². The first-order valence-electron chi connectivity index (χ1n) is 16.1. The van der Waals surface area contributed by atoms with E-state index >= 15 is 0 Å². The number of aliphatic hydroxyl groups is 2. The lowest BCUT2D eigenvalue weighted by atomic mass is 9.89. The Morgan fingerprint density at radius 3 is 2.41 bits per heavy atom. The van der Waals surface area contributed by atoms with Crippen LogP contribution < -0.4 is 10.6 Å². The van der Waals surface area contributed by atoms with Crippen molar-refractivity contribution in [1.29, 1.82) is 0 Å². The summed E-state index contributed by atoms with van der Waals surface area (Å²) in [5, 5.41) is 24.8. The molecule has 5 atom stereocenters. The van der Waals surface area contributed by atoms with Gasteiger partial charge in [-0.25, -0.2) is 4.79 Å². The summed E-state index contributed by atoms with van der Waals surface area (Å²) in [5.74, 6) is -0.425. The zero-order chi connectivity index (χ0) is 32.5. The molecule has 4 N–H and O–H groups in total. The molecular weight excluding hydrogens is 586 g/mol. The van der Waals surface area contributed by atoms with Gasteiger partial charge in [-0.15, -0.1) is 0 Å². The first-order chi connectivity index (χ1) is 22.4. The lowest BCUT2D eigenvalue weighted by Crippen LogP contribution is -2.46. The van der Waals surface area contributed by atoms with Crippen molar-refractivity contribution in [1.82, 2.24) is 15.5 Å². The van der Waals surface area contributed by atoms with Gasteiger partial charge in [0.05, 0.1) is 32.0 Å². The van der Waals surface area contributed by atoms with Gasteiger partial charge in [0, 0.05) is 30.6 Å². The lowest BCUT2D eigenvalue weighted by Gasteiger charge is -2.43. The molecule has 0 bridgehead atoms. The summed E-state index contributed by atoms with van der Waals surface area (Å²) < 4.78 is 18.1. The van der Waals surface area contributed by atoms with Crippen molar-refractivity contribution in [2.75, 3.05) is 32.8 Å². The van der Waals surface area contributed by atoms with Crippen LogP contribution in [0.1, 0.15) is 61.3 Å². The van der Waals surface area contributed by atoms with Gasteiger partial charge in [0.25, 0.3) is 0 Å². The van der Waals surface area contributed by atoms with Crippen LogP contribution in [0.5, 0.6) is 0 Å². The summed E-state index contributed by atoms with van der Waals surface area (Å²) in [5.41, 5.74) is 5.66. The molecular formula is C36H45N3O7. The van der Waals surface area contributed by atoms with E-state index in [9.17, 15) is 19.8 Å². The van der Waals surface area contributed by atoms with Crippen molar-refractivity contribution in [3.8, 4) is 11.1 Å². The van der Waals surface area contributed by atoms with Gasteiger partial charge in [0.15, 0.2) is 6.29 Å². The summed E-state index contributed by atoms with van der Waals surface area (Å²) in [6.45, 7) is 6.00. The predicted molar refractivity (Wildman–Crippen MR) is 173 cm³/mol. The Kier molecular flexibility index (Phi) is 11.8. The van der Waals surface area contributed by atoms with Crippen LogP contribution in [0.4, 0.5) is 4.79 Å². The van der Waals surface area contributed by atoms with Crippen LogP contribution in [0.3, 0.4) is 0 Å². The highest BCUT2D eigenvalue weighted by Gasteiger charge is 2.40. The molecule has 3 aromatic rings. The molecule has 2 aliphatic heterocycles. The maximum atomic E-state index is 12.3. The van der Waals surface area contributed by atoms with Crippen molar-refractivity contribution in [2.45, 2.75) is 64.4 Å². The van der Waals surface area contributed by atoms with Crippen LogP contribution in [0.2, 0.25) is 0 Å². The van der Waals surface area contributed by atoms with Gasteiger partial charge in [0.1, 0.15) is 6.54 Å². The second-order valence-electron chi connectivity index (χ2n) is 11.9. The molecule has 2 saturated heterocycles. The fourth-order valence-corrected chi connectivity index (χ4v) is 6.28. The van der Waals surface area contributed by atoms with Gasteiger partial charge >= 0.3 is 12.0 Å². The summed E-state index contributed by atoms with van der Waals surface area (Å²) >= 11 is 0. The molecule has 2 amide bonds. The highest BCUT2D eigenvalue weighted by Crippen LogP contribution is 2.42. The second kappa shape index (κ2) is 16.2. The fraction of sp³-hybridized carbons (Fsp3) is 0.444. The van der Waals surface area contributed by atoms with E-state index in [1.807, 2.05) is 72.8 Å². The van der Waals surface area contributed by atoms with Gasteiger partial charge in [-0.2, -0.15) is 0 Å². The summed E-state index contributed by atoms with van der Waals surface area (Å²) in [4.78, 5) is 26.1. The molecule has 0 saturated carbocycles. The number of rotatable bonds is 12. The minimum Gasteiger partial charge on any atom is -0.465 e. The molecule has 2 aliphatic rings. The molecule has 0 radical (unpaired) electrons. The Labute approximate surface area is 270 Å². The number of likely N-dealkylation sites (tertiary alicyclic amines) is 1. The third kappa shape index (κ3) is 8.31. The number of aliphatic hydroxyl groups excluding tert-OH is 2. The van der Waals surface area contributed by atoms with Crippen molar-refractivity contribution < 1.29 is 34.0 Å². The summed E-state index contributed by atoms with van der Waals surface area (Å²) in [7, 11) is 0. The molecule has 0 aromatic heterocycles. The molecule has 0 unspecified atom stereocenters. The number of ether oxygens (including phenoxy) is 3. The number of carbonyl (C=O) groups is 2. The van der Waals surface area contributed by atoms with Crippen LogP contribution >= 0.6 is 0 Å². The van der Waals surface area contributed by atoms with Crippen LogP contribution in [-0.4, -0.2) is 72.1 Å². The number of amides is 2. The average molecular weight is 632 g/mol. The largest absolute Gasteiger partial charge is 0.465 e. The zero-order valence-electron chi connectivity index (χ0n) is 26.6. The fourth-order valence-electron chi connectivity index (χ4n) is 6.28. The number of carbonyl (C=O) groups excluding carboxylic acids is 2. The Balaban J connectivity index is 1.31. The Hall–Kier alpha value is -3.80. The molecule has 0 aliphatic carbocycles. The lowest BCUT2D eigenvalue weighted by molar-refractivity contribution is -0.276. The second-order valence-corrected chi connectivity index (χ2v) is 11.9. The molecule has 10 heteroatoms. The molecule has 46 heavy (non-hydrogen) atoms. The van der Waals surface area contributed by atoms with Crippen LogP contribution in [0.15, 0.2) is 72.8 Å². The van der Waals surface area contributed by atoms with Gasteiger partial charge in [0.2, 0.25) is 0 Å².